The summed E-state index contributed by atoms with van der Waals surface area (Å²) in [6, 6.07) is 0. The van der Waals surface area contributed by atoms with Crippen molar-refractivity contribution in [3.05, 3.63) is 0 Å². The predicted molar refractivity (Wildman–Crippen MR) is 110 cm³/mol. The summed E-state index contributed by atoms with van der Waals surface area (Å²) in [5.41, 5.74) is 0. The molecule has 0 amide bonds. The van der Waals surface area contributed by atoms with Crippen molar-refractivity contribution >= 4 is 35.9 Å². The third-order valence-corrected chi connectivity index (χ3v) is 4.11. The Morgan fingerprint density at radius 2 is 1.88 bits per heavy atom. The molecule has 1 atom stereocenters. The fraction of sp³-hybridized carbons (Fsp3) is 0.882. The van der Waals surface area contributed by atoms with Gasteiger partial charge in [0.25, 0.3) is 0 Å². The Hall–Kier alpha value is -0.570. The van der Waals surface area contributed by atoms with Crippen molar-refractivity contribution in [3.8, 4) is 0 Å². The average Bonchev–Trinajstić information content (AvgIpc) is 2.84. The van der Waals surface area contributed by atoms with Crippen LogP contribution in [0.15, 0.2) is 4.99 Å². The molecule has 7 heteroatoms. The SMILES string of the molecule is CCNC(=NCC(C)C(=O)OC)NCCCN1CCCCCC1.I. The van der Waals surface area contributed by atoms with E-state index >= 15 is 0 Å². The second-order valence-corrected chi connectivity index (χ2v) is 6.18. The Labute approximate surface area is 164 Å². The van der Waals surface area contributed by atoms with Crippen LogP contribution < -0.4 is 10.6 Å². The summed E-state index contributed by atoms with van der Waals surface area (Å²) in [6.07, 6.45) is 6.54. The summed E-state index contributed by atoms with van der Waals surface area (Å²) in [5, 5.41) is 6.56. The molecule has 0 aromatic carbocycles. The van der Waals surface area contributed by atoms with Gasteiger partial charge in [0, 0.05) is 13.1 Å². The molecule has 1 rings (SSSR count). The number of carbonyl (C=O) groups excluding carboxylic acids is 1. The van der Waals surface area contributed by atoms with Crippen molar-refractivity contribution in [3.63, 3.8) is 0 Å². The number of carbonyl (C=O) groups is 1. The number of likely N-dealkylation sites (tertiary alicyclic amines) is 1. The molecular weight excluding hydrogens is 419 g/mol. The molecule has 0 aromatic heterocycles. The number of esters is 1. The van der Waals surface area contributed by atoms with Crippen molar-refractivity contribution in [1.82, 2.24) is 15.5 Å². The number of rotatable bonds is 8. The van der Waals surface area contributed by atoms with Crippen LogP contribution in [0.3, 0.4) is 0 Å². The van der Waals surface area contributed by atoms with Gasteiger partial charge >= 0.3 is 5.97 Å². The Balaban J connectivity index is 0.00000529. The summed E-state index contributed by atoms with van der Waals surface area (Å²) in [4.78, 5) is 18.4. The first kappa shape index (κ1) is 23.4. The molecule has 0 radical (unpaired) electrons. The van der Waals surface area contributed by atoms with Gasteiger partial charge in [-0.3, -0.25) is 9.79 Å². The van der Waals surface area contributed by atoms with Gasteiger partial charge in [0.15, 0.2) is 5.96 Å². The van der Waals surface area contributed by atoms with Gasteiger partial charge in [-0.05, 0) is 45.8 Å². The second-order valence-electron chi connectivity index (χ2n) is 6.18. The van der Waals surface area contributed by atoms with Gasteiger partial charge in [-0.2, -0.15) is 0 Å². The minimum absolute atomic E-state index is 0. The fourth-order valence-electron chi connectivity index (χ4n) is 2.71. The normalized spacial score (nSPS) is 17.4. The van der Waals surface area contributed by atoms with Crippen molar-refractivity contribution in [2.24, 2.45) is 10.9 Å². The summed E-state index contributed by atoms with van der Waals surface area (Å²) >= 11 is 0. The summed E-state index contributed by atoms with van der Waals surface area (Å²) in [7, 11) is 1.41. The van der Waals surface area contributed by atoms with Gasteiger partial charge < -0.3 is 20.3 Å². The quantitative estimate of drug-likeness (QED) is 0.194. The van der Waals surface area contributed by atoms with Crippen LogP contribution in [0.25, 0.3) is 0 Å². The van der Waals surface area contributed by atoms with Gasteiger partial charge in [0.2, 0.25) is 0 Å². The lowest BCUT2D eigenvalue weighted by Crippen LogP contribution is -2.39. The number of guanidine groups is 1. The molecule has 1 fully saturated rings. The van der Waals surface area contributed by atoms with E-state index in [-0.39, 0.29) is 35.9 Å². The van der Waals surface area contributed by atoms with Crippen LogP contribution >= 0.6 is 24.0 Å². The molecule has 0 spiro atoms. The highest BCUT2D eigenvalue weighted by atomic mass is 127. The third-order valence-electron chi connectivity index (χ3n) is 4.11. The molecular formula is C17H35IN4O2. The van der Waals surface area contributed by atoms with Crippen LogP contribution in [-0.4, -0.2) is 63.2 Å². The zero-order valence-electron chi connectivity index (χ0n) is 15.5. The highest BCUT2D eigenvalue weighted by Gasteiger charge is 2.12. The van der Waals surface area contributed by atoms with Gasteiger partial charge in [-0.25, -0.2) is 0 Å². The molecule has 0 aliphatic carbocycles. The highest BCUT2D eigenvalue weighted by Crippen LogP contribution is 2.09. The number of aliphatic imine (C=N–C) groups is 1. The summed E-state index contributed by atoms with van der Waals surface area (Å²) in [6.45, 7) is 9.64. The van der Waals surface area contributed by atoms with Crippen LogP contribution in [0.1, 0.15) is 46.0 Å². The topological polar surface area (TPSA) is 66.0 Å². The molecule has 1 aliphatic heterocycles. The number of hydrogen-bond donors (Lipinski definition) is 2. The molecule has 1 aliphatic rings. The molecule has 0 bridgehead atoms. The van der Waals surface area contributed by atoms with Crippen LogP contribution in [0, 0.1) is 5.92 Å². The fourth-order valence-corrected chi connectivity index (χ4v) is 2.71. The van der Waals surface area contributed by atoms with Gasteiger partial charge in [-0.1, -0.05) is 19.8 Å². The predicted octanol–water partition coefficient (Wildman–Crippen LogP) is 2.23. The van der Waals surface area contributed by atoms with Crippen molar-refractivity contribution in [2.75, 3.05) is 46.4 Å². The molecule has 1 unspecified atom stereocenters. The number of methoxy groups -OCH3 is 1. The zero-order chi connectivity index (χ0) is 16.9. The van der Waals surface area contributed by atoms with E-state index in [1.165, 1.54) is 45.9 Å². The Kier molecular flexibility index (Phi) is 14.4. The third kappa shape index (κ3) is 10.3. The van der Waals surface area contributed by atoms with Crippen LogP contribution in [0.4, 0.5) is 0 Å². The van der Waals surface area contributed by atoms with E-state index in [4.69, 9.17) is 4.74 Å². The monoisotopic (exact) mass is 454 g/mol. The largest absolute Gasteiger partial charge is 0.469 e. The highest BCUT2D eigenvalue weighted by molar-refractivity contribution is 14.0. The number of hydrogen-bond acceptors (Lipinski definition) is 4. The van der Waals surface area contributed by atoms with Gasteiger partial charge in [-0.15, -0.1) is 24.0 Å². The maximum atomic E-state index is 11.4. The zero-order valence-corrected chi connectivity index (χ0v) is 17.8. The minimum Gasteiger partial charge on any atom is -0.469 e. The number of nitrogens with zero attached hydrogens (tertiary/aromatic N) is 2. The molecule has 2 N–H and O–H groups in total. The van der Waals surface area contributed by atoms with Gasteiger partial charge in [0.05, 0.1) is 19.6 Å². The first-order chi connectivity index (χ1) is 11.2. The summed E-state index contributed by atoms with van der Waals surface area (Å²) < 4.78 is 4.73. The van der Waals surface area contributed by atoms with Crippen LogP contribution in [0.2, 0.25) is 0 Å². The molecule has 6 nitrogen and oxygen atoms in total. The lowest BCUT2D eigenvalue weighted by molar-refractivity contribution is -0.144. The summed E-state index contributed by atoms with van der Waals surface area (Å²) in [5.74, 6) is 0.345. The van der Waals surface area contributed by atoms with E-state index in [9.17, 15) is 4.79 Å². The molecule has 1 heterocycles. The molecule has 0 aromatic rings. The molecule has 1 saturated heterocycles. The Morgan fingerprint density at radius 1 is 1.21 bits per heavy atom. The molecule has 0 saturated carbocycles. The van der Waals surface area contributed by atoms with E-state index in [2.05, 4.69) is 20.5 Å². The van der Waals surface area contributed by atoms with Crippen LogP contribution in [0.5, 0.6) is 0 Å². The average molecular weight is 454 g/mol. The van der Waals surface area contributed by atoms with Crippen molar-refractivity contribution in [2.45, 2.75) is 46.0 Å². The minimum atomic E-state index is -0.217. The molecule has 142 valence electrons. The van der Waals surface area contributed by atoms with Crippen LogP contribution in [-0.2, 0) is 9.53 Å². The maximum Gasteiger partial charge on any atom is 0.310 e. The first-order valence-electron chi connectivity index (χ1n) is 8.99. The van der Waals surface area contributed by atoms with Gasteiger partial charge in [0.1, 0.15) is 0 Å². The number of halogens is 1. The first-order valence-corrected chi connectivity index (χ1v) is 8.99. The lowest BCUT2D eigenvalue weighted by Gasteiger charge is -2.20. The second kappa shape index (κ2) is 14.7. The Bertz CT molecular complexity index is 358. The standard InChI is InChI=1S/C17H34N4O2.HI/c1-4-18-17(20-14-15(2)16(22)23-3)19-10-9-13-21-11-7-5-6-8-12-21;/h15H,4-14H2,1-3H3,(H2,18,19,20);1H. The van der Waals surface area contributed by atoms with E-state index < -0.39 is 0 Å². The number of nitrogens with one attached hydrogen (secondary N) is 2. The van der Waals surface area contributed by atoms with E-state index in [0.717, 1.165) is 32.0 Å². The van der Waals surface area contributed by atoms with Crippen molar-refractivity contribution in [1.29, 1.82) is 0 Å². The van der Waals surface area contributed by atoms with E-state index in [1.807, 2.05) is 13.8 Å². The number of ether oxygens (including phenoxy) is 1. The maximum absolute atomic E-state index is 11.4. The van der Waals surface area contributed by atoms with E-state index in [0.29, 0.717) is 6.54 Å². The smallest absolute Gasteiger partial charge is 0.310 e. The van der Waals surface area contributed by atoms with Crippen molar-refractivity contribution < 1.29 is 9.53 Å². The Morgan fingerprint density at radius 3 is 2.46 bits per heavy atom. The molecule has 24 heavy (non-hydrogen) atoms. The lowest BCUT2D eigenvalue weighted by atomic mass is 10.2. The van der Waals surface area contributed by atoms with E-state index in [1.54, 1.807) is 0 Å².